The predicted octanol–water partition coefficient (Wildman–Crippen LogP) is 0.393. The number of urea groups is 1. The number of carbonyl (C=O) groups is 2. The monoisotopic (exact) mass is 242 g/mol. The van der Waals surface area contributed by atoms with Crippen LogP contribution in [0, 0.1) is 5.82 Å². The summed E-state index contributed by atoms with van der Waals surface area (Å²) in [6.45, 7) is -0.414. The SMILES string of the molecule is O=C(NCC(O)C(=O)O)Nc1ccc(F)cc1. The first-order valence-corrected chi connectivity index (χ1v) is 4.70. The molecule has 92 valence electrons. The van der Waals surface area contributed by atoms with Gasteiger partial charge >= 0.3 is 12.0 Å². The van der Waals surface area contributed by atoms with E-state index >= 15 is 0 Å². The number of hydrogen-bond acceptors (Lipinski definition) is 3. The van der Waals surface area contributed by atoms with Crippen molar-refractivity contribution in [3.8, 4) is 0 Å². The van der Waals surface area contributed by atoms with E-state index in [4.69, 9.17) is 10.2 Å². The van der Waals surface area contributed by atoms with E-state index in [-0.39, 0.29) is 0 Å². The predicted molar refractivity (Wildman–Crippen MR) is 57.1 cm³/mol. The third-order valence-corrected chi connectivity index (χ3v) is 1.84. The van der Waals surface area contributed by atoms with Gasteiger partial charge in [0, 0.05) is 5.69 Å². The Morgan fingerprint density at radius 1 is 1.29 bits per heavy atom. The highest BCUT2D eigenvalue weighted by Gasteiger charge is 2.13. The summed E-state index contributed by atoms with van der Waals surface area (Å²) in [4.78, 5) is 21.4. The number of benzene rings is 1. The number of hydrogen-bond donors (Lipinski definition) is 4. The van der Waals surface area contributed by atoms with Gasteiger partial charge in [0.2, 0.25) is 0 Å². The van der Waals surface area contributed by atoms with Crippen molar-refractivity contribution in [3.63, 3.8) is 0 Å². The number of carboxylic acid groups (broad SMARTS) is 1. The van der Waals surface area contributed by atoms with Crippen molar-refractivity contribution < 1.29 is 24.2 Å². The molecule has 1 rings (SSSR count). The Bertz CT molecular complexity index is 407. The van der Waals surface area contributed by atoms with E-state index in [2.05, 4.69) is 10.6 Å². The van der Waals surface area contributed by atoms with E-state index in [1.54, 1.807) is 0 Å². The molecule has 4 N–H and O–H groups in total. The Balaban J connectivity index is 2.39. The largest absolute Gasteiger partial charge is 0.479 e. The van der Waals surface area contributed by atoms with Crippen molar-refractivity contribution in [1.29, 1.82) is 0 Å². The van der Waals surface area contributed by atoms with Gasteiger partial charge in [-0.3, -0.25) is 0 Å². The minimum Gasteiger partial charge on any atom is -0.479 e. The molecule has 0 aliphatic heterocycles. The lowest BCUT2D eigenvalue weighted by Crippen LogP contribution is -2.38. The number of aliphatic carboxylic acids is 1. The lowest BCUT2D eigenvalue weighted by Gasteiger charge is -2.09. The van der Waals surface area contributed by atoms with Crippen LogP contribution in [0.3, 0.4) is 0 Å². The van der Waals surface area contributed by atoms with Crippen molar-refractivity contribution in [2.75, 3.05) is 11.9 Å². The van der Waals surface area contributed by atoms with E-state index in [1.165, 1.54) is 24.3 Å². The maximum absolute atomic E-state index is 12.5. The molecule has 0 fully saturated rings. The van der Waals surface area contributed by atoms with Gasteiger partial charge in [0.15, 0.2) is 6.10 Å². The van der Waals surface area contributed by atoms with Gasteiger partial charge < -0.3 is 20.8 Å². The quantitative estimate of drug-likeness (QED) is 0.614. The Labute approximate surface area is 96.1 Å². The summed E-state index contributed by atoms with van der Waals surface area (Å²) >= 11 is 0. The van der Waals surface area contributed by atoms with Crippen LogP contribution in [-0.2, 0) is 4.79 Å². The van der Waals surface area contributed by atoms with Crippen LogP contribution < -0.4 is 10.6 Å². The van der Waals surface area contributed by atoms with Gasteiger partial charge in [0.25, 0.3) is 0 Å². The molecule has 1 aromatic rings. The zero-order valence-electron chi connectivity index (χ0n) is 8.68. The number of halogens is 1. The molecule has 17 heavy (non-hydrogen) atoms. The molecule has 1 aromatic carbocycles. The third-order valence-electron chi connectivity index (χ3n) is 1.84. The summed E-state index contributed by atoms with van der Waals surface area (Å²) in [5.41, 5.74) is 0.355. The number of amides is 2. The van der Waals surface area contributed by atoms with Crippen LogP contribution in [0.4, 0.5) is 14.9 Å². The number of carboxylic acids is 1. The van der Waals surface area contributed by atoms with Gasteiger partial charge in [0.05, 0.1) is 6.54 Å². The molecule has 0 saturated carbocycles. The molecule has 0 saturated heterocycles. The van der Waals surface area contributed by atoms with Crippen LogP contribution in [-0.4, -0.2) is 34.9 Å². The molecule has 0 radical (unpaired) electrons. The Kier molecular flexibility index (Phi) is 4.41. The first kappa shape index (κ1) is 12.9. The van der Waals surface area contributed by atoms with Gasteiger partial charge in [-0.25, -0.2) is 14.0 Å². The van der Waals surface area contributed by atoms with Gasteiger partial charge in [0.1, 0.15) is 5.82 Å². The van der Waals surface area contributed by atoms with E-state index < -0.39 is 30.5 Å². The maximum atomic E-state index is 12.5. The van der Waals surface area contributed by atoms with E-state index in [0.29, 0.717) is 5.69 Å². The molecule has 1 atom stereocenters. The number of nitrogens with one attached hydrogen (secondary N) is 2. The minimum absolute atomic E-state index is 0.355. The highest BCUT2D eigenvalue weighted by atomic mass is 19.1. The lowest BCUT2D eigenvalue weighted by molar-refractivity contribution is -0.146. The van der Waals surface area contributed by atoms with Crippen LogP contribution in [0.2, 0.25) is 0 Å². The summed E-state index contributed by atoms with van der Waals surface area (Å²) in [6, 6.07) is 4.35. The van der Waals surface area contributed by atoms with Crippen LogP contribution in [0.25, 0.3) is 0 Å². The van der Waals surface area contributed by atoms with Crippen molar-refractivity contribution in [2.45, 2.75) is 6.10 Å². The van der Waals surface area contributed by atoms with Crippen molar-refractivity contribution in [2.24, 2.45) is 0 Å². The maximum Gasteiger partial charge on any atom is 0.334 e. The molecule has 0 spiro atoms. The highest BCUT2D eigenvalue weighted by Crippen LogP contribution is 2.07. The van der Waals surface area contributed by atoms with Gasteiger partial charge in [-0.05, 0) is 24.3 Å². The Morgan fingerprint density at radius 3 is 2.41 bits per heavy atom. The second-order valence-corrected chi connectivity index (χ2v) is 3.20. The van der Waals surface area contributed by atoms with Gasteiger partial charge in [-0.2, -0.15) is 0 Å². The van der Waals surface area contributed by atoms with Crippen LogP contribution >= 0.6 is 0 Å². The number of aliphatic hydroxyl groups is 1. The molecule has 6 nitrogen and oxygen atoms in total. The second kappa shape index (κ2) is 5.80. The fourth-order valence-electron chi connectivity index (χ4n) is 0.985. The average Bonchev–Trinajstić information content (AvgIpc) is 2.29. The van der Waals surface area contributed by atoms with Crippen LogP contribution in [0.5, 0.6) is 0 Å². The fraction of sp³-hybridized carbons (Fsp3) is 0.200. The molecule has 7 heteroatoms. The fourth-order valence-corrected chi connectivity index (χ4v) is 0.985. The molecular weight excluding hydrogens is 231 g/mol. The molecule has 1 unspecified atom stereocenters. The topological polar surface area (TPSA) is 98.7 Å². The summed E-state index contributed by atoms with van der Waals surface area (Å²) in [5.74, 6) is -1.86. The number of carbonyl (C=O) groups excluding carboxylic acids is 1. The molecule has 2 amide bonds. The Morgan fingerprint density at radius 2 is 1.88 bits per heavy atom. The first-order chi connectivity index (χ1) is 7.99. The first-order valence-electron chi connectivity index (χ1n) is 4.70. The van der Waals surface area contributed by atoms with Crippen LogP contribution in [0.15, 0.2) is 24.3 Å². The van der Waals surface area contributed by atoms with Gasteiger partial charge in [-0.1, -0.05) is 0 Å². The number of anilines is 1. The summed E-state index contributed by atoms with van der Waals surface area (Å²) in [5, 5.41) is 21.7. The third kappa shape index (κ3) is 4.47. The standard InChI is InChI=1S/C10H11FN2O4/c11-6-1-3-7(4-2-6)13-10(17)12-5-8(14)9(15)16/h1-4,8,14H,5H2,(H,15,16)(H2,12,13,17). The summed E-state index contributed by atoms with van der Waals surface area (Å²) < 4.78 is 12.5. The van der Waals surface area contributed by atoms with Crippen LogP contribution in [0.1, 0.15) is 0 Å². The molecular formula is C10H11FN2O4. The molecule has 0 bridgehead atoms. The van der Waals surface area contributed by atoms with E-state index in [0.717, 1.165) is 0 Å². The van der Waals surface area contributed by atoms with E-state index in [9.17, 15) is 14.0 Å². The molecule has 0 heterocycles. The van der Waals surface area contributed by atoms with Crippen molar-refractivity contribution >= 4 is 17.7 Å². The normalized spacial score (nSPS) is 11.6. The lowest BCUT2D eigenvalue weighted by atomic mass is 10.3. The minimum atomic E-state index is -1.66. The number of aliphatic hydroxyl groups excluding tert-OH is 1. The molecule has 0 aromatic heterocycles. The summed E-state index contributed by atoms with van der Waals surface area (Å²) in [7, 11) is 0. The smallest absolute Gasteiger partial charge is 0.334 e. The molecule has 0 aliphatic rings. The van der Waals surface area contributed by atoms with Crippen molar-refractivity contribution in [3.05, 3.63) is 30.1 Å². The highest BCUT2D eigenvalue weighted by molar-refractivity contribution is 5.89. The van der Waals surface area contributed by atoms with Crippen molar-refractivity contribution in [1.82, 2.24) is 5.32 Å². The zero-order valence-corrected chi connectivity index (χ0v) is 8.68. The molecule has 0 aliphatic carbocycles. The number of rotatable bonds is 4. The summed E-state index contributed by atoms with van der Waals surface area (Å²) in [6.07, 6.45) is -1.66. The van der Waals surface area contributed by atoms with Gasteiger partial charge in [-0.15, -0.1) is 0 Å². The zero-order chi connectivity index (χ0) is 12.8. The Hall–Kier alpha value is -2.15. The average molecular weight is 242 g/mol. The van der Waals surface area contributed by atoms with E-state index in [1.807, 2.05) is 0 Å². The second-order valence-electron chi connectivity index (χ2n) is 3.20.